The third-order valence-corrected chi connectivity index (χ3v) is 7.66. The van der Waals surface area contributed by atoms with Gasteiger partial charge in [0.1, 0.15) is 17.8 Å². The lowest BCUT2D eigenvalue weighted by molar-refractivity contribution is 0.0696. The van der Waals surface area contributed by atoms with Crippen LogP contribution in [0.1, 0.15) is 88.7 Å². The lowest BCUT2D eigenvalue weighted by Gasteiger charge is -2.42. The van der Waals surface area contributed by atoms with Crippen LogP contribution in [0.25, 0.3) is 22.5 Å². The molecule has 198 valence electrons. The Bertz CT molecular complexity index is 1250. The summed E-state index contributed by atoms with van der Waals surface area (Å²) in [6, 6.07) is 14.9. The smallest absolute Gasteiger partial charge is 0.338 e. The zero-order valence-electron chi connectivity index (χ0n) is 23.1. The molecule has 4 rings (SSSR count). The van der Waals surface area contributed by atoms with Crippen molar-refractivity contribution in [3.8, 4) is 28.2 Å². The van der Waals surface area contributed by atoms with Crippen LogP contribution in [-0.4, -0.2) is 30.3 Å². The maximum Gasteiger partial charge on any atom is 0.338 e. The van der Waals surface area contributed by atoms with Crippen molar-refractivity contribution in [1.82, 2.24) is 5.32 Å². The number of benzene rings is 2. The van der Waals surface area contributed by atoms with E-state index in [-0.39, 0.29) is 16.4 Å². The van der Waals surface area contributed by atoms with E-state index >= 15 is 0 Å². The Kier molecular flexibility index (Phi) is 7.84. The van der Waals surface area contributed by atoms with Crippen LogP contribution in [0, 0.1) is 0 Å². The molecule has 1 aliphatic carbocycles. The molecule has 0 radical (unpaired) electrons. The summed E-state index contributed by atoms with van der Waals surface area (Å²) in [7, 11) is 0. The SMILES string of the molecule is CC(C)NCCCCOc1ccc(-c2cc(C(=O)O)co2)cc1-c1ccc2c(c1)C(C)(C)CCC2(C)C. The molecule has 2 N–H and O–H groups in total. The number of carbonyl (C=O) groups is 1. The van der Waals surface area contributed by atoms with Gasteiger partial charge in [0.25, 0.3) is 0 Å². The lowest BCUT2D eigenvalue weighted by atomic mass is 9.63. The van der Waals surface area contributed by atoms with Gasteiger partial charge in [-0.2, -0.15) is 0 Å². The zero-order valence-corrected chi connectivity index (χ0v) is 23.1. The van der Waals surface area contributed by atoms with E-state index in [1.165, 1.54) is 23.8 Å². The molecule has 0 fully saturated rings. The Hall–Kier alpha value is -3.05. The Morgan fingerprint density at radius 2 is 1.68 bits per heavy atom. The van der Waals surface area contributed by atoms with Gasteiger partial charge in [0.2, 0.25) is 0 Å². The average Bonchev–Trinajstić information content (AvgIpc) is 3.35. The first-order valence-electron chi connectivity index (χ1n) is 13.5. The molecule has 37 heavy (non-hydrogen) atoms. The van der Waals surface area contributed by atoms with Crippen LogP contribution in [0.5, 0.6) is 5.75 Å². The highest BCUT2D eigenvalue weighted by Crippen LogP contribution is 2.47. The highest BCUT2D eigenvalue weighted by Gasteiger charge is 2.37. The van der Waals surface area contributed by atoms with E-state index < -0.39 is 5.97 Å². The van der Waals surface area contributed by atoms with Crippen molar-refractivity contribution in [3.63, 3.8) is 0 Å². The second-order valence-corrected chi connectivity index (χ2v) is 11.9. The molecule has 5 heteroatoms. The fraction of sp³-hybridized carbons (Fsp3) is 0.469. The highest BCUT2D eigenvalue weighted by atomic mass is 16.5. The van der Waals surface area contributed by atoms with Crippen LogP contribution in [-0.2, 0) is 10.8 Å². The summed E-state index contributed by atoms with van der Waals surface area (Å²) >= 11 is 0. The third-order valence-electron chi connectivity index (χ3n) is 7.66. The van der Waals surface area contributed by atoms with Crippen LogP contribution in [0.15, 0.2) is 53.1 Å². The molecule has 3 aromatic rings. The van der Waals surface area contributed by atoms with E-state index in [0.29, 0.717) is 18.4 Å². The monoisotopic (exact) mass is 503 g/mol. The number of ether oxygens (including phenoxy) is 1. The van der Waals surface area contributed by atoms with Gasteiger partial charge in [-0.1, -0.05) is 59.7 Å². The van der Waals surface area contributed by atoms with E-state index in [1.807, 2.05) is 12.1 Å². The van der Waals surface area contributed by atoms with Crippen molar-refractivity contribution in [3.05, 3.63) is 65.4 Å². The maximum absolute atomic E-state index is 11.4. The Morgan fingerprint density at radius 1 is 0.973 bits per heavy atom. The Labute approximate surface area is 221 Å². The molecule has 1 aromatic heterocycles. The van der Waals surface area contributed by atoms with Crippen LogP contribution < -0.4 is 10.1 Å². The third kappa shape index (κ3) is 6.10. The quantitative estimate of drug-likeness (QED) is 0.276. The second kappa shape index (κ2) is 10.7. The molecule has 1 heterocycles. The van der Waals surface area contributed by atoms with Crippen LogP contribution in [0.2, 0.25) is 0 Å². The number of nitrogens with one attached hydrogen (secondary N) is 1. The minimum Gasteiger partial charge on any atom is -0.493 e. The molecule has 0 spiro atoms. The van der Waals surface area contributed by atoms with Gasteiger partial charge in [0.15, 0.2) is 0 Å². The summed E-state index contributed by atoms with van der Waals surface area (Å²) < 4.78 is 11.9. The number of hydrogen-bond acceptors (Lipinski definition) is 4. The summed E-state index contributed by atoms with van der Waals surface area (Å²) in [5.74, 6) is 0.365. The molecular formula is C32H41NO4. The predicted octanol–water partition coefficient (Wildman–Crippen LogP) is 7.82. The van der Waals surface area contributed by atoms with Gasteiger partial charge >= 0.3 is 5.97 Å². The van der Waals surface area contributed by atoms with E-state index in [9.17, 15) is 9.90 Å². The number of carboxylic acids is 1. The number of rotatable bonds is 10. The molecule has 0 amide bonds. The van der Waals surface area contributed by atoms with Crippen molar-refractivity contribution in [2.24, 2.45) is 0 Å². The fourth-order valence-electron chi connectivity index (χ4n) is 5.19. The minimum absolute atomic E-state index is 0.0975. The molecule has 5 nitrogen and oxygen atoms in total. The number of furan rings is 1. The van der Waals surface area contributed by atoms with Crippen LogP contribution in [0.4, 0.5) is 0 Å². The van der Waals surface area contributed by atoms with Crippen LogP contribution in [0.3, 0.4) is 0 Å². The predicted molar refractivity (Wildman–Crippen MR) is 150 cm³/mol. The Balaban J connectivity index is 1.69. The average molecular weight is 504 g/mol. The maximum atomic E-state index is 11.4. The normalized spacial score (nSPS) is 16.0. The molecular weight excluding hydrogens is 462 g/mol. The van der Waals surface area contributed by atoms with Gasteiger partial charge in [0, 0.05) is 17.2 Å². The molecule has 0 atom stereocenters. The van der Waals surface area contributed by atoms with Crippen molar-refractivity contribution < 1.29 is 19.1 Å². The number of unbranched alkanes of at least 4 members (excludes halogenated alkanes) is 1. The zero-order chi connectivity index (χ0) is 26.8. The summed E-state index contributed by atoms with van der Waals surface area (Å²) in [4.78, 5) is 11.4. The number of hydrogen-bond donors (Lipinski definition) is 2. The minimum atomic E-state index is -0.998. The summed E-state index contributed by atoms with van der Waals surface area (Å²) in [6.07, 6.45) is 5.63. The van der Waals surface area contributed by atoms with Crippen molar-refractivity contribution >= 4 is 5.97 Å². The Morgan fingerprint density at radius 3 is 2.35 bits per heavy atom. The molecule has 2 aromatic carbocycles. The van der Waals surface area contributed by atoms with E-state index in [1.54, 1.807) is 6.07 Å². The van der Waals surface area contributed by atoms with Gasteiger partial charge in [-0.25, -0.2) is 4.79 Å². The molecule has 0 aliphatic heterocycles. The van der Waals surface area contributed by atoms with E-state index in [2.05, 4.69) is 71.1 Å². The summed E-state index contributed by atoms with van der Waals surface area (Å²) in [6.45, 7) is 15.3. The van der Waals surface area contributed by atoms with Crippen molar-refractivity contribution in [1.29, 1.82) is 0 Å². The van der Waals surface area contributed by atoms with E-state index in [4.69, 9.17) is 9.15 Å². The number of carboxylic acid groups (broad SMARTS) is 1. The van der Waals surface area contributed by atoms with E-state index in [0.717, 1.165) is 48.2 Å². The molecule has 0 saturated heterocycles. The van der Waals surface area contributed by atoms with Gasteiger partial charge in [-0.05, 0) is 84.0 Å². The van der Waals surface area contributed by atoms with Crippen LogP contribution >= 0.6 is 0 Å². The van der Waals surface area contributed by atoms with Gasteiger partial charge in [-0.3, -0.25) is 0 Å². The first kappa shape index (κ1) is 27.0. The van der Waals surface area contributed by atoms with Gasteiger partial charge in [0.05, 0.1) is 12.2 Å². The standard InChI is InChI=1S/C32H41NO4/c1-21(2)33-15-7-8-16-36-28-12-10-23(29-19-24(20-37-29)30(34)35)17-25(28)22-9-11-26-27(18-22)32(5,6)14-13-31(26,3)4/h9-12,17-21,33H,7-8,13-16H2,1-6H3,(H,34,35). The topological polar surface area (TPSA) is 71.7 Å². The first-order chi connectivity index (χ1) is 17.5. The molecule has 0 saturated carbocycles. The summed E-state index contributed by atoms with van der Waals surface area (Å²) in [5, 5.41) is 12.8. The van der Waals surface area contributed by atoms with Crippen molar-refractivity contribution in [2.75, 3.05) is 13.2 Å². The fourth-order valence-corrected chi connectivity index (χ4v) is 5.19. The highest BCUT2D eigenvalue weighted by molar-refractivity contribution is 5.89. The molecule has 0 unspecified atom stereocenters. The summed E-state index contributed by atoms with van der Waals surface area (Å²) in [5.41, 5.74) is 6.12. The second-order valence-electron chi connectivity index (χ2n) is 11.9. The largest absolute Gasteiger partial charge is 0.493 e. The van der Waals surface area contributed by atoms with Gasteiger partial charge in [-0.15, -0.1) is 0 Å². The molecule has 0 bridgehead atoms. The lowest BCUT2D eigenvalue weighted by Crippen LogP contribution is -2.33. The van der Waals surface area contributed by atoms with Gasteiger partial charge < -0.3 is 19.6 Å². The number of fused-ring (bicyclic) bond motifs is 1. The molecule has 1 aliphatic rings. The first-order valence-corrected chi connectivity index (χ1v) is 13.5. The number of aromatic carboxylic acids is 1. The van der Waals surface area contributed by atoms with Crippen molar-refractivity contribution in [2.45, 2.75) is 84.1 Å².